The molecule has 0 fully saturated rings. The SMILES string of the molecule is C[C@H](NC(=O)c1ccc2c(c1)S(=O)(=O)N(C)C2=O)c1nc2ccccc2[nH]1. The maximum absolute atomic E-state index is 12.6. The van der Waals surface area contributed by atoms with Gasteiger partial charge in [-0.1, -0.05) is 12.1 Å². The number of carbonyl (C=O) groups excluding carboxylic acids is 2. The fourth-order valence-corrected chi connectivity index (χ4v) is 4.33. The lowest BCUT2D eigenvalue weighted by molar-refractivity contribution is 0.0889. The van der Waals surface area contributed by atoms with Crippen LogP contribution < -0.4 is 5.32 Å². The predicted molar refractivity (Wildman–Crippen MR) is 97.7 cm³/mol. The van der Waals surface area contributed by atoms with Crippen molar-refractivity contribution in [2.24, 2.45) is 0 Å². The maximum atomic E-state index is 12.6. The zero-order valence-corrected chi connectivity index (χ0v) is 15.4. The average molecular weight is 384 g/mol. The first kappa shape index (κ1) is 17.2. The molecule has 1 aliphatic rings. The molecule has 0 bridgehead atoms. The number of H-pyrrole nitrogens is 1. The van der Waals surface area contributed by atoms with E-state index in [-0.39, 0.29) is 16.0 Å². The zero-order chi connectivity index (χ0) is 19.3. The van der Waals surface area contributed by atoms with E-state index in [1.165, 1.54) is 25.2 Å². The number of benzene rings is 2. The van der Waals surface area contributed by atoms with Gasteiger partial charge < -0.3 is 10.3 Å². The number of para-hydroxylation sites is 2. The molecule has 0 unspecified atom stereocenters. The highest BCUT2D eigenvalue weighted by Crippen LogP contribution is 2.29. The Hall–Kier alpha value is -3.20. The van der Waals surface area contributed by atoms with Crippen LogP contribution in [0, 0.1) is 0 Å². The third-order valence-electron chi connectivity index (χ3n) is 4.56. The first-order chi connectivity index (χ1) is 12.8. The smallest absolute Gasteiger partial charge is 0.268 e. The summed E-state index contributed by atoms with van der Waals surface area (Å²) in [5.41, 5.74) is 1.88. The van der Waals surface area contributed by atoms with E-state index in [0.717, 1.165) is 11.0 Å². The molecule has 4 rings (SSSR count). The second-order valence-electron chi connectivity index (χ2n) is 6.32. The second-order valence-corrected chi connectivity index (χ2v) is 8.26. The van der Waals surface area contributed by atoms with Gasteiger partial charge in [0.2, 0.25) is 0 Å². The largest absolute Gasteiger partial charge is 0.342 e. The summed E-state index contributed by atoms with van der Waals surface area (Å²) in [4.78, 5) is 32.0. The number of nitrogens with one attached hydrogen (secondary N) is 2. The van der Waals surface area contributed by atoms with Crippen molar-refractivity contribution in [3.63, 3.8) is 0 Å². The van der Waals surface area contributed by atoms with Gasteiger partial charge in [-0.3, -0.25) is 9.59 Å². The molecule has 0 aliphatic carbocycles. The van der Waals surface area contributed by atoms with Crippen molar-refractivity contribution in [2.75, 3.05) is 7.05 Å². The van der Waals surface area contributed by atoms with E-state index in [2.05, 4.69) is 15.3 Å². The van der Waals surface area contributed by atoms with Gasteiger partial charge in [0.15, 0.2) is 0 Å². The highest BCUT2D eigenvalue weighted by Gasteiger charge is 2.39. The van der Waals surface area contributed by atoms with Crippen molar-refractivity contribution in [2.45, 2.75) is 17.9 Å². The lowest BCUT2D eigenvalue weighted by Gasteiger charge is -2.12. The van der Waals surface area contributed by atoms with Crippen LogP contribution >= 0.6 is 0 Å². The van der Waals surface area contributed by atoms with E-state index in [0.29, 0.717) is 10.1 Å². The Labute approximate surface area is 155 Å². The van der Waals surface area contributed by atoms with Gasteiger partial charge in [-0.25, -0.2) is 17.7 Å². The van der Waals surface area contributed by atoms with E-state index in [4.69, 9.17) is 0 Å². The van der Waals surface area contributed by atoms with Crippen LogP contribution in [0.4, 0.5) is 0 Å². The zero-order valence-electron chi connectivity index (χ0n) is 14.6. The van der Waals surface area contributed by atoms with Crippen LogP contribution in [0.2, 0.25) is 0 Å². The molecule has 0 saturated carbocycles. The molecule has 2 aromatic carbocycles. The van der Waals surface area contributed by atoms with Crippen molar-refractivity contribution in [1.29, 1.82) is 0 Å². The first-order valence-corrected chi connectivity index (χ1v) is 9.66. The fraction of sp³-hybridized carbons (Fsp3) is 0.167. The number of aromatic amines is 1. The normalized spacial score (nSPS) is 16.4. The molecule has 138 valence electrons. The second kappa shape index (κ2) is 5.92. The molecule has 8 nitrogen and oxygen atoms in total. The highest BCUT2D eigenvalue weighted by molar-refractivity contribution is 7.90. The van der Waals surface area contributed by atoms with E-state index >= 15 is 0 Å². The number of nitrogens with zero attached hydrogens (tertiary/aromatic N) is 2. The summed E-state index contributed by atoms with van der Waals surface area (Å²) in [5, 5.41) is 2.79. The number of sulfonamides is 1. The third-order valence-corrected chi connectivity index (χ3v) is 6.34. The van der Waals surface area contributed by atoms with Crippen LogP contribution in [0.3, 0.4) is 0 Å². The number of amides is 2. The minimum atomic E-state index is -3.90. The Morgan fingerprint density at radius 1 is 1.22 bits per heavy atom. The van der Waals surface area contributed by atoms with Gasteiger partial charge in [0.1, 0.15) is 10.7 Å². The quantitative estimate of drug-likeness (QED) is 0.715. The van der Waals surface area contributed by atoms with E-state index in [1.807, 2.05) is 24.3 Å². The minimum absolute atomic E-state index is 0.0689. The molecule has 0 saturated heterocycles. The molecule has 2 heterocycles. The monoisotopic (exact) mass is 384 g/mol. The fourth-order valence-electron chi connectivity index (χ4n) is 3.01. The average Bonchev–Trinajstić information content (AvgIpc) is 3.16. The summed E-state index contributed by atoms with van der Waals surface area (Å²) in [6.07, 6.45) is 0. The van der Waals surface area contributed by atoms with Gasteiger partial charge in [-0.2, -0.15) is 0 Å². The molecule has 0 spiro atoms. The number of hydrogen-bond donors (Lipinski definition) is 2. The van der Waals surface area contributed by atoms with Gasteiger partial charge in [-0.05, 0) is 37.3 Å². The van der Waals surface area contributed by atoms with Crippen molar-refractivity contribution < 1.29 is 18.0 Å². The summed E-state index contributed by atoms with van der Waals surface area (Å²) in [6, 6.07) is 11.1. The van der Waals surface area contributed by atoms with Crippen LogP contribution in [-0.4, -0.2) is 41.6 Å². The van der Waals surface area contributed by atoms with Crippen molar-refractivity contribution in [3.05, 3.63) is 59.4 Å². The maximum Gasteiger partial charge on any atom is 0.268 e. The molecule has 1 atom stereocenters. The molecule has 9 heteroatoms. The molecule has 3 aromatic rings. The van der Waals surface area contributed by atoms with Crippen molar-refractivity contribution in [1.82, 2.24) is 19.6 Å². The Morgan fingerprint density at radius 3 is 2.70 bits per heavy atom. The van der Waals surface area contributed by atoms with Crippen LogP contribution in [0.15, 0.2) is 47.4 Å². The number of fused-ring (bicyclic) bond motifs is 2. The summed E-state index contributed by atoms with van der Waals surface area (Å²) in [6.45, 7) is 1.77. The van der Waals surface area contributed by atoms with E-state index in [1.54, 1.807) is 6.92 Å². The Morgan fingerprint density at radius 2 is 1.96 bits per heavy atom. The number of aromatic nitrogens is 2. The molecule has 0 radical (unpaired) electrons. The van der Waals surface area contributed by atoms with Crippen molar-refractivity contribution in [3.8, 4) is 0 Å². The van der Waals surface area contributed by atoms with Crippen LogP contribution in [0.5, 0.6) is 0 Å². The Kier molecular flexibility index (Phi) is 3.77. The van der Waals surface area contributed by atoms with Gasteiger partial charge in [0, 0.05) is 12.6 Å². The van der Waals surface area contributed by atoms with Gasteiger partial charge >= 0.3 is 0 Å². The third kappa shape index (κ3) is 2.67. The molecule has 2 amide bonds. The Bertz CT molecular complexity index is 1170. The van der Waals surface area contributed by atoms with E-state index < -0.39 is 27.9 Å². The van der Waals surface area contributed by atoms with E-state index in [9.17, 15) is 18.0 Å². The molecule has 2 N–H and O–H groups in total. The van der Waals surface area contributed by atoms with Gasteiger partial charge in [-0.15, -0.1) is 0 Å². The number of carbonyl (C=O) groups is 2. The minimum Gasteiger partial charge on any atom is -0.342 e. The summed E-state index contributed by atoms with van der Waals surface area (Å²) in [7, 11) is -2.71. The Balaban J connectivity index is 1.61. The van der Waals surface area contributed by atoms with Gasteiger partial charge in [0.05, 0.1) is 22.6 Å². The summed E-state index contributed by atoms with van der Waals surface area (Å²) in [5.74, 6) is -0.469. The standard InChI is InChI=1S/C18H16N4O4S/c1-10(16-20-13-5-3-4-6-14(13)21-16)19-17(23)11-7-8-12-15(9-11)27(25,26)22(2)18(12)24/h3-10H,1-2H3,(H,19,23)(H,20,21)/t10-/m0/s1. The summed E-state index contributed by atoms with van der Waals surface area (Å²) >= 11 is 0. The van der Waals surface area contributed by atoms with Crippen LogP contribution in [-0.2, 0) is 10.0 Å². The molecule has 1 aromatic heterocycles. The summed E-state index contributed by atoms with van der Waals surface area (Å²) < 4.78 is 25.2. The molecule has 27 heavy (non-hydrogen) atoms. The number of hydrogen-bond acceptors (Lipinski definition) is 5. The predicted octanol–water partition coefficient (Wildman–Crippen LogP) is 1.83. The molecular formula is C18H16N4O4S. The van der Waals surface area contributed by atoms with Crippen LogP contribution in [0.25, 0.3) is 11.0 Å². The topological polar surface area (TPSA) is 112 Å². The molecular weight excluding hydrogens is 368 g/mol. The van der Waals surface area contributed by atoms with Crippen LogP contribution in [0.1, 0.15) is 39.5 Å². The molecule has 1 aliphatic heterocycles. The van der Waals surface area contributed by atoms with Gasteiger partial charge in [0.25, 0.3) is 21.8 Å². The highest BCUT2D eigenvalue weighted by atomic mass is 32.2. The first-order valence-electron chi connectivity index (χ1n) is 8.22. The lowest BCUT2D eigenvalue weighted by Crippen LogP contribution is -2.27. The van der Waals surface area contributed by atoms with Crippen molar-refractivity contribution >= 4 is 32.9 Å². The number of imidazole rings is 1. The lowest BCUT2D eigenvalue weighted by atomic mass is 10.1. The number of rotatable bonds is 3.